The first kappa shape index (κ1) is 14.2. The minimum atomic E-state index is -0.772. The number of hydrogen-bond acceptors (Lipinski definition) is 2. The molecule has 0 fully saturated rings. The van der Waals surface area contributed by atoms with E-state index in [1.54, 1.807) is 13.2 Å². The first-order valence-corrected chi connectivity index (χ1v) is 6.25. The van der Waals surface area contributed by atoms with Gasteiger partial charge in [0.2, 0.25) is 0 Å². The molecular formula is C16H16FNO2. The van der Waals surface area contributed by atoms with Gasteiger partial charge in [-0.2, -0.15) is 0 Å². The Balaban J connectivity index is 2.46. The predicted molar refractivity (Wildman–Crippen MR) is 75.8 cm³/mol. The van der Waals surface area contributed by atoms with E-state index in [0.29, 0.717) is 0 Å². The molecule has 0 saturated carbocycles. The molecule has 0 aliphatic heterocycles. The molecule has 4 heteroatoms. The zero-order valence-electron chi connectivity index (χ0n) is 11.4. The second-order valence-electron chi connectivity index (χ2n) is 4.56. The van der Waals surface area contributed by atoms with E-state index in [1.165, 1.54) is 12.1 Å². The van der Waals surface area contributed by atoms with Crippen LogP contribution in [0.4, 0.5) is 4.39 Å². The highest BCUT2D eigenvalue weighted by Crippen LogP contribution is 2.26. The van der Waals surface area contributed by atoms with Crippen molar-refractivity contribution in [1.82, 2.24) is 0 Å². The third kappa shape index (κ3) is 2.86. The molecule has 1 atom stereocenters. The van der Waals surface area contributed by atoms with Gasteiger partial charge in [-0.3, -0.25) is 4.79 Å². The molecule has 0 radical (unpaired) electrons. The van der Waals surface area contributed by atoms with Crippen molar-refractivity contribution in [3.05, 3.63) is 59.4 Å². The Bertz CT molecular complexity index is 640. The second-order valence-corrected chi connectivity index (χ2v) is 4.56. The molecule has 0 aliphatic rings. The van der Waals surface area contributed by atoms with E-state index < -0.39 is 11.7 Å². The van der Waals surface area contributed by atoms with Crippen molar-refractivity contribution >= 4 is 5.91 Å². The molecule has 0 spiro atoms. The smallest absolute Gasteiger partial charge is 0.251 e. The van der Waals surface area contributed by atoms with Gasteiger partial charge in [-0.05, 0) is 41.8 Å². The fourth-order valence-corrected chi connectivity index (χ4v) is 2.00. The molecule has 0 saturated heterocycles. The van der Waals surface area contributed by atoms with Crippen LogP contribution < -0.4 is 5.73 Å². The van der Waals surface area contributed by atoms with Crippen LogP contribution in [0.15, 0.2) is 42.5 Å². The van der Waals surface area contributed by atoms with Gasteiger partial charge in [0.05, 0.1) is 11.7 Å². The van der Waals surface area contributed by atoms with Crippen LogP contribution in [0.25, 0.3) is 11.1 Å². The molecule has 0 heterocycles. The van der Waals surface area contributed by atoms with Crippen LogP contribution in [0, 0.1) is 5.82 Å². The Morgan fingerprint density at radius 3 is 2.55 bits per heavy atom. The van der Waals surface area contributed by atoms with Crippen LogP contribution in [0.2, 0.25) is 0 Å². The summed E-state index contributed by atoms with van der Waals surface area (Å²) in [5, 5.41) is 0. The van der Waals surface area contributed by atoms with Crippen molar-refractivity contribution in [2.24, 2.45) is 5.73 Å². The normalized spacial score (nSPS) is 12.2. The summed E-state index contributed by atoms with van der Waals surface area (Å²) in [5.41, 5.74) is 7.69. The fourth-order valence-electron chi connectivity index (χ4n) is 2.00. The number of primary amides is 1. The lowest BCUT2D eigenvalue weighted by Gasteiger charge is -2.12. The third-order valence-electron chi connectivity index (χ3n) is 3.27. The first-order chi connectivity index (χ1) is 9.52. The van der Waals surface area contributed by atoms with Crippen LogP contribution in [0.1, 0.15) is 28.9 Å². The number of amides is 1. The summed E-state index contributed by atoms with van der Waals surface area (Å²) in [7, 11) is 1.64. The predicted octanol–water partition coefficient (Wildman–Crippen LogP) is 3.30. The Labute approximate surface area is 117 Å². The van der Waals surface area contributed by atoms with Gasteiger partial charge < -0.3 is 10.5 Å². The number of carbonyl (C=O) groups is 1. The molecule has 1 amide bonds. The van der Waals surface area contributed by atoms with Gasteiger partial charge in [-0.1, -0.05) is 24.3 Å². The second kappa shape index (κ2) is 5.84. The van der Waals surface area contributed by atoms with E-state index in [9.17, 15) is 9.18 Å². The van der Waals surface area contributed by atoms with Gasteiger partial charge in [0, 0.05) is 7.11 Å². The first-order valence-electron chi connectivity index (χ1n) is 6.25. The highest BCUT2D eigenvalue weighted by atomic mass is 19.1. The molecule has 3 nitrogen and oxygen atoms in total. The number of halogens is 1. The van der Waals surface area contributed by atoms with Crippen LogP contribution in [-0.4, -0.2) is 13.0 Å². The Kier molecular flexibility index (Phi) is 4.15. The average Bonchev–Trinajstić information content (AvgIpc) is 2.46. The Morgan fingerprint density at radius 2 is 1.90 bits per heavy atom. The van der Waals surface area contributed by atoms with E-state index in [-0.39, 0.29) is 11.7 Å². The van der Waals surface area contributed by atoms with Crippen molar-refractivity contribution in [3.8, 4) is 11.1 Å². The maximum atomic E-state index is 13.5. The van der Waals surface area contributed by atoms with Crippen molar-refractivity contribution in [2.45, 2.75) is 13.0 Å². The van der Waals surface area contributed by atoms with E-state index in [0.717, 1.165) is 16.7 Å². The third-order valence-corrected chi connectivity index (χ3v) is 3.27. The number of ether oxygens (including phenoxy) is 1. The summed E-state index contributed by atoms with van der Waals surface area (Å²) < 4.78 is 18.8. The molecule has 0 aliphatic carbocycles. The van der Waals surface area contributed by atoms with Crippen molar-refractivity contribution < 1.29 is 13.9 Å². The average molecular weight is 273 g/mol. The van der Waals surface area contributed by atoms with Gasteiger partial charge in [0.1, 0.15) is 5.82 Å². The lowest BCUT2D eigenvalue weighted by molar-refractivity contribution is 0.0996. The number of methoxy groups -OCH3 is 1. The quantitative estimate of drug-likeness (QED) is 0.929. The van der Waals surface area contributed by atoms with Gasteiger partial charge >= 0.3 is 0 Å². The van der Waals surface area contributed by atoms with Crippen LogP contribution in [0.5, 0.6) is 0 Å². The molecule has 2 rings (SSSR count). The zero-order chi connectivity index (χ0) is 14.7. The van der Waals surface area contributed by atoms with E-state index in [4.69, 9.17) is 10.5 Å². The van der Waals surface area contributed by atoms with Crippen LogP contribution in [0.3, 0.4) is 0 Å². The highest BCUT2D eigenvalue weighted by molar-refractivity contribution is 5.94. The Morgan fingerprint density at radius 1 is 1.20 bits per heavy atom. The maximum absolute atomic E-state index is 13.5. The maximum Gasteiger partial charge on any atom is 0.251 e. The number of rotatable bonds is 4. The zero-order valence-corrected chi connectivity index (χ0v) is 11.4. The molecule has 0 bridgehead atoms. The lowest BCUT2D eigenvalue weighted by Crippen LogP contribution is -2.13. The summed E-state index contributed by atoms with van der Waals surface area (Å²) in [6, 6.07) is 12.0. The SMILES string of the molecule is CO[C@@H](C)c1cccc(-c2ccc(F)c(C(N)=O)c2)c1. The van der Waals surface area contributed by atoms with E-state index in [2.05, 4.69) is 0 Å². The number of benzene rings is 2. The minimum Gasteiger partial charge on any atom is -0.377 e. The summed E-state index contributed by atoms with van der Waals surface area (Å²) in [5.74, 6) is -1.38. The number of nitrogens with two attached hydrogens (primary N) is 1. The number of carbonyl (C=O) groups excluding carboxylic acids is 1. The van der Waals surface area contributed by atoms with Crippen molar-refractivity contribution in [3.63, 3.8) is 0 Å². The highest BCUT2D eigenvalue weighted by Gasteiger charge is 2.11. The standard InChI is InChI=1S/C16H16FNO2/c1-10(20-2)11-4-3-5-12(8-11)13-6-7-15(17)14(9-13)16(18)19/h3-10H,1-2H3,(H2,18,19)/t10-/m0/s1. The molecule has 0 aromatic heterocycles. The summed E-state index contributed by atoms with van der Waals surface area (Å²) >= 11 is 0. The van der Waals surface area contributed by atoms with Crippen LogP contribution >= 0.6 is 0 Å². The van der Waals surface area contributed by atoms with Gasteiger partial charge in [0.25, 0.3) is 5.91 Å². The van der Waals surface area contributed by atoms with Crippen LogP contribution in [-0.2, 0) is 4.74 Å². The van der Waals surface area contributed by atoms with Crippen molar-refractivity contribution in [2.75, 3.05) is 7.11 Å². The van der Waals surface area contributed by atoms with E-state index in [1.807, 2.05) is 31.2 Å². The number of hydrogen-bond donors (Lipinski definition) is 1. The summed E-state index contributed by atoms with van der Waals surface area (Å²) in [4.78, 5) is 11.2. The topological polar surface area (TPSA) is 52.3 Å². The summed E-state index contributed by atoms with van der Waals surface area (Å²) in [6.45, 7) is 1.94. The van der Waals surface area contributed by atoms with Crippen molar-refractivity contribution in [1.29, 1.82) is 0 Å². The summed E-state index contributed by atoms with van der Waals surface area (Å²) in [6.07, 6.45) is -0.0361. The fraction of sp³-hybridized carbons (Fsp3) is 0.188. The molecule has 104 valence electrons. The van der Waals surface area contributed by atoms with Gasteiger partial charge in [-0.15, -0.1) is 0 Å². The monoisotopic (exact) mass is 273 g/mol. The molecule has 2 N–H and O–H groups in total. The van der Waals surface area contributed by atoms with Gasteiger partial charge in [-0.25, -0.2) is 4.39 Å². The lowest BCUT2D eigenvalue weighted by atomic mass is 9.99. The largest absolute Gasteiger partial charge is 0.377 e. The minimum absolute atomic E-state index is 0.0361. The molecule has 2 aromatic rings. The molecular weight excluding hydrogens is 257 g/mol. The molecule has 20 heavy (non-hydrogen) atoms. The Hall–Kier alpha value is -2.20. The van der Waals surface area contributed by atoms with E-state index >= 15 is 0 Å². The molecule has 0 unspecified atom stereocenters. The molecule has 2 aromatic carbocycles. The van der Waals surface area contributed by atoms with Gasteiger partial charge in [0.15, 0.2) is 0 Å².